The van der Waals surface area contributed by atoms with Crippen LogP contribution in [0.15, 0.2) is 36.4 Å². The Hall–Kier alpha value is -3.79. The summed E-state index contributed by atoms with van der Waals surface area (Å²) >= 11 is 6.07. The second-order valence-corrected chi connectivity index (χ2v) is 8.23. The van der Waals surface area contributed by atoms with Crippen molar-refractivity contribution in [3.05, 3.63) is 68.2 Å². The van der Waals surface area contributed by atoms with Gasteiger partial charge in [-0.3, -0.25) is 34.2 Å². The highest BCUT2D eigenvalue weighted by Crippen LogP contribution is 2.32. The summed E-state index contributed by atoms with van der Waals surface area (Å²) in [5.41, 5.74) is -0.603. The molecule has 0 bridgehead atoms. The Balaban J connectivity index is 1.60. The number of rotatable bonds is 5. The zero-order valence-corrected chi connectivity index (χ0v) is 18.3. The van der Waals surface area contributed by atoms with E-state index in [1.807, 2.05) is 0 Å². The Morgan fingerprint density at radius 3 is 2.48 bits per heavy atom. The summed E-state index contributed by atoms with van der Waals surface area (Å²) in [7, 11) is 0. The largest absolute Gasteiger partial charge is 0.339 e. The fraction of sp³-hybridized carbons (Fsp3) is 0.273. The first-order chi connectivity index (χ1) is 15.7. The molecule has 2 aliphatic rings. The minimum atomic E-state index is -1.30. The molecule has 2 aromatic rings. The van der Waals surface area contributed by atoms with Gasteiger partial charge in [0.1, 0.15) is 11.6 Å². The van der Waals surface area contributed by atoms with Crippen molar-refractivity contribution in [3.8, 4) is 0 Å². The molecule has 11 heteroatoms. The number of imide groups is 1. The summed E-state index contributed by atoms with van der Waals surface area (Å²) in [6, 6.07) is 6.89. The lowest BCUT2D eigenvalue weighted by atomic mass is 10.1. The highest BCUT2D eigenvalue weighted by atomic mass is 35.5. The summed E-state index contributed by atoms with van der Waals surface area (Å²) in [5.74, 6) is -2.74. The smallest absolute Gasteiger partial charge is 0.282 e. The third kappa shape index (κ3) is 3.93. The molecular formula is C22H19ClN4O6. The van der Waals surface area contributed by atoms with Gasteiger partial charge in [0.2, 0.25) is 5.91 Å². The molecule has 1 fully saturated rings. The van der Waals surface area contributed by atoms with Gasteiger partial charge in [-0.25, -0.2) is 0 Å². The van der Waals surface area contributed by atoms with E-state index in [-0.39, 0.29) is 33.3 Å². The summed E-state index contributed by atoms with van der Waals surface area (Å²) < 4.78 is 0. The lowest BCUT2D eigenvalue weighted by molar-refractivity contribution is -0.385. The molecule has 1 unspecified atom stereocenters. The van der Waals surface area contributed by atoms with Gasteiger partial charge in [0.15, 0.2) is 0 Å². The number of carbonyl (C=O) groups is 4. The number of carbonyl (C=O) groups excluding carboxylic acids is 4. The number of benzene rings is 2. The second-order valence-electron chi connectivity index (χ2n) is 7.79. The summed E-state index contributed by atoms with van der Waals surface area (Å²) in [6.07, 6.45) is 1.79. The zero-order valence-electron chi connectivity index (χ0n) is 17.5. The van der Waals surface area contributed by atoms with Crippen LogP contribution in [0.1, 0.15) is 50.8 Å². The van der Waals surface area contributed by atoms with E-state index in [0.717, 1.165) is 18.9 Å². The van der Waals surface area contributed by atoms with Crippen molar-refractivity contribution in [3.63, 3.8) is 0 Å². The molecule has 0 aromatic heterocycles. The molecule has 1 N–H and O–H groups in total. The Morgan fingerprint density at radius 2 is 1.82 bits per heavy atom. The van der Waals surface area contributed by atoms with E-state index in [1.54, 1.807) is 4.90 Å². The predicted octanol–water partition coefficient (Wildman–Crippen LogP) is 3.11. The molecule has 2 heterocycles. The predicted molar refractivity (Wildman–Crippen MR) is 118 cm³/mol. The first-order valence-electron chi connectivity index (χ1n) is 10.3. The molecule has 0 radical (unpaired) electrons. The number of hydrogen-bond acceptors (Lipinski definition) is 6. The Bertz CT molecular complexity index is 1210. The molecular weight excluding hydrogens is 452 g/mol. The van der Waals surface area contributed by atoms with E-state index < -0.39 is 34.4 Å². The maximum Gasteiger partial charge on any atom is 0.282 e. The van der Waals surface area contributed by atoms with Crippen LogP contribution in [-0.4, -0.2) is 57.5 Å². The fourth-order valence-electron chi connectivity index (χ4n) is 4.04. The van der Waals surface area contributed by atoms with Gasteiger partial charge in [-0.2, -0.15) is 0 Å². The van der Waals surface area contributed by atoms with Gasteiger partial charge in [-0.05, 0) is 44.0 Å². The van der Waals surface area contributed by atoms with Crippen molar-refractivity contribution in [1.82, 2.24) is 9.80 Å². The number of nitrogens with one attached hydrogen (secondary N) is 1. The van der Waals surface area contributed by atoms with E-state index in [0.29, 0.717) is 18.0 Å². The van der Waals surface area contributed by atoms with Crippen LogP contribution in [0, 0.1) is 10.1 Å². The number of nitro benzene ring substituents is 1. The number of fused-ring (bicyclic) bond motifs is 1. The third-order valence-corrected chi connectivity index (χ3v) is 5.99. The maximum absolute atomic E-state index is 13.0. The quantitative estimate of drug-likeness (QED) is 0.406. The molecule has 4 amide bonds. The highest BCUT2D eigenvalue weighted by molar-refractivity contribution is 6.31. The van der Waals surface area contributed by atoms with Crippen molar-refractivity contribution in [1.29, 1.82) is 0 Å². The van der Waals surface area contributed by atoms with Crippen molar-refractivity contribution >= 4 is 46.6 Å². The maximum atomic E-state index is 13.0. The van der Waals surface area contributed by atoms with Crippen LogP contribution < -0.4 is 5.32 Å². The minimum absolute atomic E-state index is 0.137. The molecule has 4 rings (SSSR count). The number of halogens is 1. The standard InChI is InChI=1S/C22H19ClN4O6/c1-12(26-21(30)15-5-4-6-17(27(32)33)18(15)22(26)31)19(28)24-16-11-13(23)7-8-14(16)20(29)25-9-2-3-10-25/h4-8,11-12H,2-3,9-10H2,1H3,(H,24,28). The van der Waals surface area contributed by atoms with Gasteiger partial charge in [0.25, 0.3) is 23.4 Å². The molecule has 33 heavy (non-hydrogen) atoms. The average molecular weight is 471 g/mol. The van der Waals surface area contributed by atoms with Crippen LogP contribution >= 0.6 is 11.6 Å². The topological polar surface area (TPSA) is 130 Å². The van der Waals surface area contributed by atoms with Gasteiger partial charge in [0, 0.05) is 24.2 Å². The van der Waals surface area contributed by atoms with Crippen LogP contribution in [0.5, 0.6) is 0 Å². The van der Waals surface area contributed by atoms with Gasteiger partial charge in [-0.1, -0.05) is 17.7 Å². The van der Waals surface area contributed by atoms with Crippen molar-refractivity contribution in [2.45, 2.75) is 25.8 Å². The molecule has 0 saturated carbocycles. The van der Waals surface area contributed by atoms with E-state index in [2.05, 4.69) is 5.32 Å². The second kappa shape index (κ2) is 8.62. The van der Waals surface area contributed by atoms with Gasteiger partial charge in [-0.15, -0.1) is 0 Å². The van der Waals surface area contributed by atoms with Crippen molar-refractivity contribution in [2.75, 3.05) is 18.4 Å². The van der Waals surface area contributed by atoms with Crippen molar-refractivity contribution in [2.24, 2.45) is 0 Å². The number of likely N-dealkylation sites (tertiary alicyclic amines) is 1. The Kier molecular flexibility index (Phi) is 5.86. The van der Waals surface area contributed by atoms with E-state index >= 15 is 0 Å². The number of hydrogen-bond donors (Lipinski definition) is 1. The third-order valence-electron chi connectivity index (χ3n) is 5.75. The van der Waals surface area contributed by atoms with Gasteiger partial charge < -0.3 is 10.2 Å². The fourth-order valence-corrected chi connectivity index (χ4v) is 4.21. The number of nitro groups is 1. The summed E-state index contributed by atoms with van der Waals surface area (Å²) in [5, 5.41) is 14.2. The van der Waals surface area contributed by atoms with Gasteiger partial charge in [0.05, 0.1) is 21.7 Å². The molecule has 10 nitrogen and oxygen atoms in total. The molecule has 2 aromatic carbocycles. The van der Waals surface area contributed by atoms with Crippen LogP contribution in [0.3, 0.4) is 0 Å². The van der Waals surface area contributed by atoms with Crippen LogP contribution in [0.4, 0.5) is 11.4 Å². The van der Waals surface area contributed by atoms with Crippen LogP contribution in [0.25, 0.3) is 0 Å². The lowest BCUT2D eigenvalue weighted by Crippen LogP contribution is -2.45. The number of anilines is 1. The first kappa shape index (κ1) is 22.4. The average Bonchev–Trinajstić information content (AvgIpc) is 3.40. The molecule has 170 valence electrons. The number of amides is 4. The number of nitrogens with zero attached hydrogens (tertiary/aromatic N) is 3. The zero-order chi connectivity index (χ0) is 23.9. The monoisotopic (exact) mass is 470 g/mol. The Morgan fingerprint density at radius 1 is 1.12 bits per heavy atom. The Labute approximate surface area is 193 Å². The molecule has 0 aliphatic carbocycles. The van der Waals surface area contributed by atoms with E-state index in [9.17, 15) is 29.3 Å². The lowest BCUT2D eigenvalue weighted by Gasteiger charge is -2.23. The molecule has 1 saturated heterocycles. The normalized spacial score (nSPS) is 16.1. The minimum Gasteiger partial charge on any atom is -0.339 e. The van der Waals surface area contributed by atoms with Crippen molar-refractivity contribution < 1.29 is 24.1 Å². The molecule has 2 aliphatic heterocycles. The van der Waals surface area contributed by atoms with E-state index in [1.165, 1.54) is 37.3 Å². The first-order valence-corrected chi connectivity index (χ1v) is 10.6. The van der Waals surface area contributed by atoms with Crippen LogP contribution in [0.2, 0.25) is 5.02 Å². The molecule has 0 spiro atoms. The summed E-state index contributed by atoms with van der Waals surface area (Å²) in [4.78, 5) is 64.5. The summed E-state index contributed by atoms with van der Waals surface area (Å²) in [6.45, 7) is 2.55. The van der Waals surface area contributed by atoms with Crippen LogP contribution in [-0.2, 0) is 4.79 Å². The SMILES string of the molecule is CC(C(=O)Nc1cc(Cl)ccc1C(=O)N1CCCC1)N1C(=O)c2cccc([N+](=O)[O-])c2C1=O. The highest BCUT2D eigenvalue weighted by Gasteiger charge is 2.45. The van der Waals surface area contributed by atoms with E-state index in [4.69, 9.17) is 11.6 Å². The molecule has 1 atom stereocenters. The van der Waals surface area contributed by atoms with Gasteiger partial charge >= 0.3 is 0 Å².